The highest BCUT2D eigenvalue weighted by Gasteiger charge is 2.35. The van der Waals surface area contributed by atoms with Crippen molar-refractivity contribution >= 4 is 28.8 Å². The van der Waals surface area contributed by atoms with E-state index in [1.54, 1.807) is 31.4 Å². The predicted molar refractivity (Wildman–Crippen MR) is 124 cm³/mol. The normalized spacial score (nSPS) is 15.0. The number of anilines is 1. The van der Waals surface area contributed by atoms with Crippen LogP contribution in [0.5, 0.6) is 5.75 Å². The number of benzene rings is 1. The van der Waals surface area contributed by atoms with E-state index in [4.69, 9.17) is 4.74 Å². The van der Waals surface area contributed by atoms with Gasteiger partial charge < -0.3 is 10.1 Å². The van der Waals surface area contributed by atoms with E-state index in [-0.39, 0.29) is 23.6 Å². The molecule has 1 N–H and O–H groups in total. The third-order valence-corrected chi connectivity index (χ3v) is 6.55. The molecular weight excluding hydrogens is 424 g/mol. The smallest absolute Gasteiger partial charge is 0.279 e. The van der Waals surface area contributed by atoms with Gasteiger partial charge in [-0.2, -0.15) is 0 Å². The van der Waals surface area contributed by atoms with Gasteiger partial charge in [0.25, 0.3) is 5.91 Å². The molecule has 1 aliphatic rings. The molecule has 1 aromatic carbocycles. The molecule has 8 heteroatoms. The average molecular weight is 451 g/mol. The van der Waals surface area contributed by atoms with Gasteiger partial charge in [0.1, 0.15) is 11.4 Å². The third-order valence-electron chi connectivity index (χ3n) is 5.62. The summed E-state index contributed by atoms with van der Waals surface area (Å²) in [5, 5.41) is 5.11. The van der Waals surface area contributed by atoms with Gasteiger partial charge in [-0.1, -0.05) is 25.3 Å². The van der Waals surface area contributed by atoms with Crippen LogP contribution in [0.2, 0.25) is 0 Å². The van der Waals surface area contributed by atoms with Gasteiger partial charge in [0.15, 0.2) is 6.04 Å². The van der Waals surface area contributed by atoms with Crippen molar-refractivity contribution < 1.29 is 14.3 Å². The lowest BCUT2D eigenvalue weighted by Gasteiger charge is -2.32. The summed E-state index contributed by atoms with van der Waals surface area (Å²) in [5.41, 5.74) is 0.758. The zero-order valence-electron chi connectivity index (χ0n) is 17.9. The van der Waals surface area contributed by atoms with Crippen LogP contribution in [0.4, 0.5) is 5.69 Å². The number of ether oxygens (including phenoxy) is 1. The molecule has 4 rings (SSSR count). The molecule has 1 saturated carbocycles. The van der Waals surface area contributed by atoms with Gasteiger partial charge in [-0.3, -0.25) is 19.5 Å². The number of carbonyl (C=O) groups is 2. The fourth-order valence-electron chi connectivity index (χ4n) is 4.01. The lowest BCUT2D eigenvalue weighted by Crippen LogP contribution is -2.47. The van der Waals surface area contributed by atoms with E-state index in [1.165, 1.54) is 41.2 Å². The number of rotatable bonds is 7. The van der Waals surface area contributed by atoms with E-state index < -0.39 is 6.04 Å². The SMILES string of the molecule is COc1ccc(N(C(=O)c2cnccn2)[C@H](C(=O)NC2CCCCC2)c2cccs2)cc1. The van der Waals surface area contributed by atoms with E-state index >= 15 is 0 Å². The van der Waals surface area contributed by atoms with Crippen molar-refractivity contribution in [3.05, 3.63) is 70.9 Å². The zero-order chi connectivity index (χ0) is 22.3. The fourth-order valence-corrected chi connectivity index (χ4v) is 4.82. The second-order valence-corrected chi connectivity index (χ2v) is 8.70. The van der Waals surface area contributed by atoms with Gasteiger partial charge in [-0.05, 0) is 48.6 Å². The lowest BCUT2D eigenvalue weighted by atomic mass is 9.95. The topological polar surface area (TPSA) is 84.4 Å². The molecule has 0 spiro atoms. The van der Waals surface area contributed by atoms with Crippen molar-refractivity contribution in [3.63, 3.8) is 0 Å². The van der Waals surface area contributed by atoms with Gasteiger partial charge in [-0.15, -0.1) is 11.3 Å². The summed E-state index contributed by atoms with van der Waals surface area (Å²) in [4.78, 5) is 37.8. The molecule has 3 aromatic rings. The average Bonchev–Trinajstić information content (AvgIpc) is 3.37. The van der Waals surface area contributed by atoms with Gasteiger partial charge in [-0.25, -0.2) is 4.98 Å². The fraction of sp³-hybridized carbons (Fsp3) is 0.333. The summed E-state index contributed by atoms with van der Waals surface area (Å²) in [5.74, 6) is 0.0906. The van der Waals surface area contributed by atoms with Crippen molar-refractivity contribution in [3.8, 4) is 5.75 Å². The van der Waals surface area contributed by atoms with Crippen LogP contribution in [0.3, 0.4) is 0 Å². The molecule has 0 aliphatic heterocycles. The second-order valence-electron chi connectivity index (χ2n) is 7.73. The Morgan fingerprint density at radius 3 is 2.53 bits per heavy atom. The number of hydrogen-bond donors (Lipinski definition) is 1. The summed E-state index contributed by atoms with van der Waals surface area (Å²) in [6.45, 7) is 0. The Balaban J connectivity index is 1.74. The van der Waals surface area contributed by atoms with Gasteiger partial charge in [0, 0.05) is 29.0 Å². The first kappa shape index (κ1) is 22.0. The van der Waals surface area contributed by atoms with Crippen molar-refractivity contribution in [1.82, 2.24) is 15.3 Å². The van der Waals surface area contributed by atoms with Crippen LogP contribution < -0.4 is 15.0 Å². The van der Waals surface area contributed by atoms with Crippen LogP contribution in [-0.4, -0.2) is 34.9 Å². The molecule has 7 nitrogen and oxygen atoms in total. The van der Waals surface area contributed by atoms with E-state index in [0.717, 1.165) is 30.6 Å². The van der Waals surface area contributed by atoms with Crippen LogP contribution >= 0.6 is 11.3 Å². The molecule has 2 aromatic heterocycles. The number of thiophene rings is 1. The molecule has 2 amide bonds. The standard InChI is InChI=1S/C24H26N4O3S/c1-31-19-11-9-18(10-12-19)28(24(30)20-16-25-13-14-26-20)22(21-8-5-15-32-21)23(29)27-17-6-3-2-4-7-17/h5,8-17,22H,2-4,6-7H2,1H3,(H,27,29)/t22-/m0/s1. The maximum atomic E-state index is 13.6. The van der Waals surface area contributed by atoms with Crippen molar-refractivity contribution in [2.45, 2.75) is 44.2 Å². The number of amides is 2. The first-order chi connectivity index (χ1) is 15.7. The Hall–Kier alpha value is -3.26. The summed E-state index contributed by atoms with van der Waals surface area (Å²) in [7, 11) is 1.59. The third kappa shape index (κ3) is 4.96. The van der Waals surface area contributed by atoms with E-state index in [9.17, 15) is 9.59 Å². The Morgan fingerprint density at radius 1 is 1.12 bits per heavy atom. The highest BCUT2D eigenvalue weighted by molar-refractivity contribution is 7.10. The first-order valence-electron chi connectivity index (χ1n) is 10.7. The lowest BCUT2D eigenvalue weighted by molar-refractivity contribution is -0.123. The molecular formula is C24H26N4O3S. The van der Waals surface area contributed by atoms with Gasteiger partial charge in [0.2, 0.25) is 5.91 Å². The van der Waals surface area contributed by atoms with Crippen LogP contribution in [-0.2, 0) is 4.79 Å². The zero-order valence-corrected chi connectivity index (χ0v) is 18.8. The van der Waals surface area contributed by atoms with Crippen LogP contribution in [0.25, 0.3) is 0 Å². The molecule has 166 valence electrons. The summed E-state index contributed by atoms with van der Waals surface area (Å²) >= 11 is 1.45. The highest BCUT2D eigenvalue weighted by Crippen LogP contribution is 2.33. The monoisotopic (exact) mass is 450 g/mol. The summed E-state index contributed by atoms with van der Waals surface area (Å²) in [6, 6.07) is 10.2. The Morgan fingerprint density at radius 2 is 1.91 bits per heavy atom. The van der Waals surface area contributed by atoms with Crippen LogP contribution in [0, 0.1) is 0 Å². The first-order valence-corrected chi connectivity index (χ1v) is 11.6. The molecule has 1 fully saturated rings. The molecule has 1 atom stereocenters. The summed E-state index contributed by atoms with van der Waals surface area (Å²) in [6.07, 6.45) is 9.74. The molecule has 1 aliphatic carbocycles. The van der Waals surface area contributed by atoms with E-state index in [1.807, 2.05) is 17.5 Å². The Labute approximate surface area is 191 Å². The largest absolute Gasteiger partial charge is 0.497 e. The quantitative estimate of drug-likeness (QED) is 0.577. The Kier molecular flexibility index (Phi) is 7.11. The van der Waals surface area contributed by atoms with Gasteiger partial charge >= 0.3 is 0 Å². The molecule has 0 radical (unpaired) electrons. The number of nitrogens with one attached hydrogen (secondary N) is 1. The van der Waals surface area contributed by atoms with Crippen molar-refractivity contribution in [1.29, 1.82) is 0 Å². The number of hydrogen-bond acceptors (Lipinski definition) is 6. The van der Waals surface area contributed by atoms with Crippen LogP contribution in [0.1, 0.15) is 53.5 Å². The minimum Gasteiger partial charge on any atom is -0.497 e. The minimum atomic E-state index is -0.820. The van der Waals surface area contributed by atoms with Gasteiger partial charge in [0.05, 0.1) is 13.3 Å². The molecule has 32 heavy (non-hydrogen) atoms. The van der Waals surface area contributed by atoms with Crippen molar-refractivity contribution in [2.24, 2.45) is 0 Å². The maximum Gasteiger partial charge on any atom is 0.279 e. The number of aromatic nitrogens is 2. The number of nitrogens with zero attached hydrogens (tertiary/aromatic N) is 3. The molecule has 0 saturated heterocycles. The van der Waals surface area contributed by atoms with Crippen molar-refractivity contribution in [2.75, 3.05) is 12.0 Å². The highest BCUT2D eigenvalue weighted by atomic mass is 32.1. The molecule has 0 unspecified atom stereocenters. The molecule has 0 bridgehead atoms. The minimum absolute atomic E-state index is 0.128. The van der Waals surface area contributed by atoms with E-state index in [2.05, 4.69) is 15.3 Å². The second kappa shape index (κ2) is 10.4. The molecule has 2 heterocycles. The van der Waals surface area contributed by atoms with Crippen LogP contribution in [0.15, 0.2) is 60.4 Å². The number of methoxy groups -OCH3 is 1. The summed E-state index contributed by atoms with van der Waals surface area (Å²) < 4.78 is 5.27. The van der Waals surface area contributed by atoms with E-state index in [0.29, 0.717) is 11.4 Å². The Bertz CT molecular complexity index is 1020. The predicted octanol–water partition coefficient (Wildman–Crippen LogP) is 4.38. The maximum absolute atomic E-state index is 13.6. The number of carbonyl (C=O) groups excluding carboxylic acids is 2.